The highest BCUT2D eigenvalue weighted by molar-refractivity contribution is 5.93. The largest absolute Gasteiger partial charge is 0.459 e. The minimum atomic E-state index is -0.201. The van der Waals surface area contributed by atoms with E-state index >= 15 is 0 Å². The lowest BCUT2D eigenvalue weighted by Crippen LogP contribution is -2.41. The maximum atomic E-state index is 12.8. The first-order valence-electron chi connectivity index (χ1n) is 9.59. The van der Waals surface area contributed by atoms with E-state index in [9.17, 15) is 9.59 Å². The minimum Gasteiger partial charge on any atom is -0.459 e. The lowest BCUT2D eigenvalue weighted by molar-refractivity contribution is -0.120. The maximum Gasteiger partial charge on any atom is 0.290 e. The van der Waals surface area contributed by atoms with E-state index in [1.54, 1.807) is 23.4 Å². The van der Waals surface area contributed by atoms with Gasteiger partial charge in [0, 0.05) is 43.8 Å². The molecule has 3 aromatic rings. The molecule has 150 valence electrons. The standard InChI is InChI=1S/C21H23N5O3/c1-14-5-9-29-19(14)21(28)26-8-7-25-13-17(24-20(25)15(26)2)10-18(27)23-12-16-4-3-6-22-11-16/h3-6,9,11,13,15H,7-8,10,12H2,1-2H3,(H,23,27)/t15-/m1/s1. The van der Waals surface area contributed by atoms with Crippen LogP contribution in [-0.4, -0.2) is 37.8 Å². The third kappa shape index (κ3) is 3.91. The number of fused-ring (bicyclic) bond motifs is 1. The molecule has 0 aromatic carbocycles. The molecule has 0 radical (unpaired) electrons. The Bertz CT molecular complexity index is 1020. The summed E-state index contributed by atoms with van der Waals surface area (Å²) in [6.07, 6.45) is 7.04. The number of hydrogen-bond acceptors (Lipinski definition) is 5. The van der Waals surface area contributed by atoms with Gasteiger partial charge in [0.25, 0.3) is 5.91 Å². The highest BCUT2D eigenvalue weighted by Gasteiger charge is 2.32. The van der Waals surface area contributed by atoms with E-state index in [1.807, 2.05) is 36.7 Å². The van der Waals surface area contributed by atoms with Crippen LogP contribution in [0.15, 0.2) is 47.5 Å². The van der Waals surface area contributed by atoms with Gasteiger partial charge in [0.1, 0.15) is 5.82 Å². The molecule has 0 saturated heterocycles. The molecule has 2 amide bonds. The normalized spacial score (nSPS) is 15.8. The fraction of sp³-hybridized carbons (Fsp3) is 0.333. The van der Waals surface area contributed by atoms with Crippen molar-refractivity contribution in [3.05, 3.63) is 71.5 Å². The summed E-state index contributed by atoms with van der Waals surface area (Å²) in [5.74, 6) is 0.914. The Morgan fingerprint density at radius 2 is 2.17 bits per heavy atom. The van der Waals surface area contributed by atoms with Crippen molar-refractivity contribution >= 4 is 11.8 Å². The van der Waals surface area contributed by atoms with E-state index in [4.69, 9.17) is 4.42 Å². The van der Waals surface area contributed by atoms with Crippen molar-refractivity contribution < 1.29 is 14.0 Å². The number of aromatic nitrogens is 3. The van der Waals surface area contributed by atoms with Gasteiger partial charge in [0.15, 0.2) is 5.76 Å². The number of rotatable bonds is 5. The average molecular weight is 393 g/mol. The molecule has 0 bridgehead atoms. The predicted octanol–water partition coefficient (Wildman–Crippen LogP) is 2.26. The third-order valence-electron chi connectivity index (χ3n) is 5.15. The van der Waals surface area contributed by atoms with Crippen LogP contribution in [0, 0.1) is 6.92 Å². The van der Waals surface area contributed by atoms with Crippen LogP contribution >= 0.6 is 0 Å². The first-order chi connectivity index (χ1) is 14.0. The van der Waals surface area contributed by atoms with Gasteiger partial charge in [0.05, 0.1) is 24.4 Å². The Balaban J connectivity index is 1.41. The molecule has 0 aliphatic carbocycles. The Hall–Kier alpha value is -3.42. The fourth-order valence-corrected chi connectivity index (χ4v) is 3.56. The zero-order chi connectivity index (χ0) is 20.4. The van der Waals surface area contributed by atoms with E-state index in [0.717, 1.165) is 17.0 Å². The van der Waals surface area contributed by atoms with Crippen LogP contribution in [0.25, 0.3) is 0 Å². The zero-order valence-corrected chi connectivity index (χ0v) is 16.5. The van der Waals surface area contributed by atoms with Gasteiger partial charge < -0.3 is 19.2 Å². The van der Waals surface area contributed by atoms with Gasteiger partial charge in [-0.2, -0.15) is 0 Å². The van der Waals surface area contributed by atoms with E-state index in [2.05, 4.69) is 15.3 Å². The summed E-state index contributed by atoms with van der Waals surface area (Å²) in [4.78, 5) is 35.6. The van der Waals surface area contributed by atoms with Crippen molar-refractivity contribution in [1.82, 2.24) is 24.8 Å². The smallest absolute Gasteiger partial charge is 0.290 e. The maximum absolute atomic E-state index is 12.8. The Kier molecular flexibility index (Phi) is 5.16. The van der Waals surface area contributed by atoms with Crippen LogP contribution in [0.5, 0.6) is 0 Å². The van der Waals surface area contributed by atoms with Crippen LogP contribution in [0.1, 0.15) is 46.2 Å². The second-order valence-electron chi connectivity index (χ2n) is 7.21. The van der Waals surface area contributed by atoms with Gasteiger partial charge >= 0.3 is 0 Å². The van der Waals surface area contributed by atoms with E-state index in [-0.39, 0.29) is 24.3 Å². The molecule has 1 atom stereocenters. The number of carbonyl (C=O) groups is 2. The molecule has 29 heavy (non-hydrogen) atoms. The Morgan fingerprint density at radius 3 is 2.90 bits per heavy atom. The van der Waals surface area contributed by atoms with E-state index in [1.165, 1.54) is 6.26 Å². The molecule has 4 rings (SSSR count). The van der Waals surface area contributed by atoms with Crippen molar-refractivity contribution in [2.45, 2.75) is 39.4 Å². The summed E-state index contributed by atoms with van der Waals surface area (Å²) in [7, 11) is 0. The number of aryl methyl sites for hydroxylation is 1. The second-order valence-corrected chi connectivity index (χ2v) is 7.21. The molecule has 0 fully saturated rings. The number of furan rings is 1. The van der Waals surface area contributed by atoms with Gasteiger partial charge in [-0.05, 0) is 31.5 Å². The molecule has 3 aromatic heterocycles. The third-order valence-corrected chi connectivity index (χ3v) is 5.15. The van der Waals surface area contributed by atoms with Gasteiger partial charge in [-0.1, -0.05) is 6.07 Å². The summed E-state index contributed by atoms with van der Waals surface area (Å²) < 4.78 is 7.38. The highest BCUT2D eigenvalue weighted by atomic mass is 16.3. The van der Waals surface area contributed by atoms with Gasteiger partial charge in [0.2, 0.25) is 5.91 Å². The van der Waals surface area contributed by atoms with Crippen molar-refractivity contribution in [2.24, 2.45) is 0 Å². The molecule has 1 aliphatic heterocycles. The van der Waals surface area contributed by atoms with Gasteiger partial charge in [-0.25, -0.2) is 4.98 Å². The second kappa shape index (κ2) is 7.90. The molecule has 0 unspecified atom stereocenters. The predicted molar refractivity (Wildman–Crippen MR) is 105 cm³/mol. The Morgan fingerprint density at radius 1 is 1.31 bits per heavy atom. The summed E-state index contributed by atoms with van der Waals surface area (Å²) in [5, 5.41) is 2.89. The summed E-state index contributed by atoms with van der Waals surface area (Å²) in [5.41, 5.74) is 2.46. The van der Waals surface area contributed by atoms with Gasteiger partial charge in [-0.3, -0.25) is 14.6 Å². The number of carbonyl (C=O) groups excluding carboxylic acids is 2. The van der Waals surface area contributed by atoms with Crippen LogP contribution in [0.2, 0.25) is 0 Å². The van der Waals surface area contributed by atoms with Crippen LogP contribution in [-0.2, 0) is 24.3 Å². The minimum absolute atomic E-state index is 0.101. The molecular weight excluding hydrogens is 370 g/mol. The number of pyridine rings is 1. The van der Waals surface area contributed by atoms with Crippen molar-refractivity contribution in [2.75, 3.05) is 6.54 Å². The quantitative estimate of drug-likeness (QED) is 0.718. The topological polar surface area (TPSA) is 93.3 Å². The van der Waals surface area contributed by atoms with Crippen LogP contribution < -0.4 is 5.32 Å². The van der Waals surface area contributed by atoms with Crippen molar-refractivity contribution in [3.8, 4) is 0 Å². The lowest BCUT2D eigenvalue weighted by Gasteiger charge is -2.33. The highest BCUT2D eigenvalue weighted by Crippen LogP contribution is 2.27. The first-order valence-corrected chi connectivity index (χ1v) is 9.59. The number of nitrogens with one attached hydrogen (secondary N) is 1. The number of nitrogens with zero attached hydrogens (tertiary/aromatic N) is 4. The molecule has 8 heteroatoms. The molecule has 0 saturated carbocycles. The van der Waals surface area contributed by atoms with Crippen LogP contribution in [0.3, 0.4) is 0 Å². The number of imidazole rings is 1. The van der Waals surface area contributed by atoms with Crippen molar-refractivity contribution in [1.29, 1.82) is 0 Å². The monoisotopic (exact) mass is 393 g/mol. The summed E-state index contributed by atoms with van der Waals surface area (Å²) in [6, 6.07) is 5.33. The number of amides is 2. The first kappa shape index (κ1) is 18.9. The van der Waals surface area contributed by atoms with Crippen LogP contribution in [0.4, 0.5) is 0 Å². The lowest BCUT2D eigenvalue weighted by atomic mass is 10.1. The fourth-order valence-electron chi connectivity index (χ4n) is 3.56. The molecule has 0 spiro atoms. The summed E-state index contributed by atoms with van der Waals surface area (Å²) >= 11 is 0. The SMILES string of the molecule is Cc1ccoc1C(=O)N1CCn2cc(CC(=O)NCc3cccnc3)nc2[C@H]1C. The van der Waals surface area contributed by atoms with Crippen molar-refractivity contribution in [3.63, 3.8) is 0 Å². The molecular formula is C21H23N5O3. The van der Waals surface area contributed by atoms with E-state index < -0.39 is 0 Å². The zero-order valence-electron chi connectivity index (χ0n) is 16.5. The molecule has 1 aliphatic rings. The molecule has 8 nitrogen and oxygen atoms in total. The molecule has 1 N–H and O–H groups in total. The average Bonchev–Trinajstić information content (AvgIpc) is 3.33. The van der Waals surface area contributed by atoms with E-state index in [0.29, 0.717) is 31.1 Å². The molecule has 4 heterocycles. The Labute approximate surface area is 168 Å². The number of hydrogen-bond donors (Lipinski definition) is 1. The summed E-state index contributed by atoms with van der Waals surface area (Å²) in [6.45, 7) is 5.43. The van der Waals surface area contributed by atoms with Gasteiger partial charge in [-0.15, -0.1) is 0 Å².